The van der Waals surface area contributed by atoms with Gasteiger partial charge in [0.2, 0.25) is 5.91 Å². The van der Waals surface area contributed by atoms with E-state index in [-0.39, 0.29) is 12.4 Å². The van der Waals surface area contributed by atoms with E-state index < -0.39 is 0 Å². The van der Waals surface area contributed by atoms with Crippen molar-refractivity contribution in [2.24, 2.45) is 5.92 Å². The van der Waals surface area contributed by atoms with Crippen molar-refractivity contribution >= 4 is 18.3 Å². The van der Waals surface area contributed by atoms with Crippen LogP contribution in [-0.4, -0.2) is 61.0 Å². The van der Waals surface area contributed by atoms with E-state index in [9.17, 15) is 4.79 Å². The van der Waals surface area contributed by atoms with E-state index >= 15 is 0 Å². The third-order valence-corrected chi connectivity index (χ3v) is 4.11. The minimum Gasteiger partial charge on any atom is -0.342 e. The molecule has 5 heteroatoms. The lowest BCUT2D eigenvalue weighted by molar-refractivity contribution is -0.134. The molecule has 18 heavy (non-hydrogen) atoms. The maximum atomic E-state index is 12.2. The zero-order valence-corrected chi connectivity index (χ0v) is 12.3. The molecular weight excluding hydrogens is 250 g/mol. The summed E-state index contributed by atoms with van der Waals surface area (Å²) in [6, 6.07) is 0.483. The molecule has 0 bridgehead atoms. The maximum absolute atomic E-state index is 12.2. The summed E-state index contributed by atoms with van der Waals surface area (Å²) in [5.74, 6) is 1.11. The SMILES string of the molecule is CC1CCN(C(=O)CN2CCNCC2C)CC1.Cl. The molecule has 1 atom stereocenters. The molecule has 0 aromatic rings. The molecule has 2 aliphatic rings. The second-order valence-electron chi connectivity index (χ2n) is 5.59. The van der Waals surface area contributed by atoms with Crippen LogP contribution in [0.1, 0.15) is 26.7 Å². The van der Waals surface area contributed by atoms with Gasteiger partial charge in [-0.2, -0.15) is 0 Å². The molecule has 1 unspecified atom stereocenters. The van der Waals surface area contributed by atoms with Gasteiger partial charge in [0.25, 0.3) is 0 Å². The summed E-state index contributed by atoms with van der Waals surface area (Å²) in [6.45, 7) is 10.0. The van der Waals surface area contributed by atoms with E-state index in [1.807, 2.05) is 0 Å². The summed E-state index contributed by atoms with van der Waals surface area (Å²) in [5.41, 5.74) is 0. The molecule has 0 radical (unpaired) electrons. The van der Waals surface area contributed by atoms with E-state index in [1.54, 1.807) is 0 Å². The van der Waals surface area contributed by atoms with Gasteiger partial charge in [0.05, 0.1) is 6.54 Å². The predicted octanol–water partition coefficient (Wildman–Crippen LogP) is 0.960. The summed E-state index contributed by atoms with van der Waals surface area (Å²) in [7, 11) is 0. The summed E-state index contributed by atoms with van der Waals surface area (Å²) >= 11 is 0. The van der Waals surface area contributed by atoms with Gasteiger partial charge in [-0.25, -0.2) is 0 Å². The van der Waals surface area contributed by atoms with Crippen molar-refractivity contribution < 1.29 is 4.79 Å². The van der Waals surface area contributed by atoms with Gasteiger partial charge in [-0.05, 0) is 25.7 Å². The molecule has 2 heterocycles. The zero-order valence-electron chi connectivity index (χ0n) is 11.5. The topological polar surface area (TPSA) is 35.6 Å². The van der Waals surface area contributed by atoms with Crippen LogP contribution in [0.2, 0.25) is 0 Å². The van der Waals surface area contributed by atoms with Crippen LogP contribution in [0.3, 0.4) is 0 Å². The van der Waals surface area contributed by atoms with Crippen LogP contribution in [-0.2, 0) is 4.79 Å². The number of likely N-dealkylation sites (tertiary alicyclic amines) is 1. The van der Waals surface area contributed by atoms with E-state index in [4.69, 9.17) is 0 Å². The van der Waals surface area contributed by atoms with Gasteiger partial charge < -0.3 is 10.2 Å². The van der Waals surface area contributed by atoms with Crippen LogP contribution in [0.5, 0.6) is 0 Å². The van der Waals surface area contributed by atoms with Gasteiger partial charge in [-0.1, -0.05) is 6.92 Å². The van der Waals surface area contributed by atoms with Crippen LogP contribution in [0.25, 0.3) is 0 Å². The number of carbonyl (C=O) groups excluding carboxylic acids is 1. The normalized spacial score (nSPS) is 26.8. The first-order chi connectivity index (χ1) is 8.16. The number of amides is 1. The first-order valence-electron chi connectivity index (χ1n) is 6.89. The van der Waals surface area contributed by atoms with Crippen molar-refractivity contribution in [1.82, 2.24) is 15.1 Å². The predicted molar refractivity (Wildman–Crippen MR) is 76.1 cm³/mol. The van der Waals surface area contributed by atoms with E-state index in [1.165, 1.54) is 12.8 Å². The fourth-order valence-corrected chi connectivity index (χ4v) is 2.65. The van der Waals surface area contributed by atoms with Gasteiger partial charge in [-0.15, -0.1) is 12.4 Å². The Bertz CT molecular complexity index is 267. The first-order valence-corrected chi connectivity index (χ1v) is 6.89. The Morgan fingerprint density at radius 3 is 2.50 bits per heavy atom. The first kappa shape index (κ1) is 15.7. The Morgan fingerprint density at radius 2 is 1.89 bits per heavy atom. The fraction of sp³-hybridized carbons (Fsp3) is 0.923. The Labute approximate surface area is 116 Å². The minimum absolute atomic E-state index is 0. The Kier molecular flexibility index (Phi) is 6.39. The van der Waals surface area contributed by atoms with Crippen molar-refractivity contribution in [2.45, 2.75) is 32.7 Å². The van der Waals surface area contributed by atoms with E-state index in [0.29, 0.717) is 18.5 Å². The Morgan fingerprint density at radius 1 is 1.22 bits per heavy atom. The standard InChI is InChI=1S/C13H25N3O.ClH/c1-11-3-6-15(7-4-11)13(17)10-16-8-5-14-9-12(16)2;/h11-12,14H,3-10H2,1-2H3;1H. The molecule has 0 aromatic carbocycles. The molecule has 1 amide bonds. The zero-order chi connectivity index (χ0) is 12.3. The highest BCUT2D eigenvalue weighted by Crippen LogP contribution is 2.16. The smallest absolute Gasteiger partial charge is 0.236 e. The van der Waals surface area contributed by atoms with Crippen molar-refractivity contribution in [3.8, 4) is 0 Å². The second kappa shape index (κ2) is 7.31. The number of nitrogens with one attached hydrogen (secondary N) is 1. The van der Waals surface area contributed by atoms with Crippen molar-refractivity contribution in [3.63, 3.8) is 0 Å². The maximum Gasteiger partial charge on any atom is 0.236 e. The molecule has 2 aliphatic heterocycles. The molecule has 1 N–H and O–H groups in total. The van der Waals surface area contributed by atoms with E-state index in [0.717, 1.165) is 38.6 Å². The second-order valence-corrected chi connectivity index (χ2v) is 5.59. The van der Waals surface area contributed by atoms with Crippen LogP contribution < -0.4 is 5.32 Å². The number of carbonyl (C=O) groups is 1. The van der Waals surface area contributed by atoms with Gasteiger partial charge in [0.15, 0.2) is 0 Å². The van der Waals surface area contributed by atoms with E-state index in [2.05, 4.69) is 29.0 Å². The van der Waals surface area contributed by atoms with Gasteiger partial charge >= 0.3 is 0 Å². The quantitative estimate of drug-likeness (QED) is 0.816. The summed E-state index contributed by atoms with van der Waals surface area (Å²) < 4.78 is 0. The molecule has 4 nitrogen and oxygen atoms in total. The summed E-state index contributed by atoms with van der Waals surface area (Å²) in [6.07, 6.45) is 2.34. The van der Waals surface area contributed by atoms with Crippen LogP contribution in [0.15, 0.2) is 0 Å². The molecule has 0 aromatic heterocycles. The molecule has 0 saturated carbocycles. The molecule has 2 fully saturated rings. The lowest BCUT2D eigenvalue weighted by atomic mass is 9.99. The Balaban J connectivity index is 0.00000162. The van der Waals surface area contributed by atoms with Crippen molar-refractivity contribution in [2.75, 3.05) is 39.3 Å². The van der Waals surface area contributed by atoms with Crippen LogP contribution in [0.4, 0.5) is 0 Å². The monoisotopic (exact) mass is 275 g/mol. The molecule has 0 aliphatic carbocycles. The largest absolute Gasteiger partial charge is 0.342 e. The molecule has 106 valence electrons. The number of rotatable bonds is 2. The molecular formula is C13H26ClN3O. The molecule has 2 rings (SSSR count). The van der Waals surface area contributed by atoms with Crippen LogP contribution in [0, 0.1) is 5.92 Å². The van der Waals surface area contributed by atoms with Gasteiger partial charge in [-0.3, -0.25) is 9.69 Å². The van der Waals surface area contributed by atoms with Crippen LogP contribution >= 0.6 is 12.4 Å². The number of hydrogen-bond donors (Lipinski definition) is 1. The summed E-state index contributed by atoms with van der Waals surface area (Å²) in [5, 5.41) is 3.36. The lowest BCUT2D eigenvalue weighted by Gasteiger charge is -2.36. The number of hydrogen-bond acceptors (Lipinski definition) is 3. The third-order valence-electron chi connectivity index (χ3n) is 4.11. The average Bonchev–Trinajstić information content (AvgIpc) is 2.33. The minimum atomic E-state index is 0. The number of piperidine rings is 1. The third kappa shape index (κ3) is 4.11. The highest BCUT2D eigenvalue weighted by molar-refractivity contribution is 5.85. The number of halogens is 1. The summed E-state index contributed by atoms with van der Waals surface area (Å²) in [4.78, 5) is 16.5. The Hall–Kier alpha value is -0.320. The molecule has 2 saturated heterocycles. The highest BCUT2D eigenvalue weighted by Gasteiger charge is 2.25. The highest BCUT2D eigenvalue weighted by atomic mass is 35.5. The van der Waals surface area contributed by atoms with Crippen molar-refractivity contribution in [3.05, 3.63) is 0 Å². The number of piperazine rings is 1. The number of nitrogens with zero attached hydrogens (tertiary/aromatic N) is 2. The lowest BCUT2D eigenvalue weighted by Crippen LogP contribution is -2.53. The average molecular weight is 276 g/mol. The molecule has 0 spiro atoms. The van der Waals surface area contributed by atoms with Crippen molar-refractivity contribution in [1.29, 1.82) is 0 Å². The van der Waals surface area contributed by atoms with Gasteiger partial charge in [0, 0.05) is 38.8 Å². The van der Waals surface area contributed by atoms with Gasteiger partial charge in [0.1, 0.15) is 0 Å². The fourth-order valence-electron chi connectivity index (χ4n) is 2.65.